The number of nitrogen functional groups attached to an aromatic ring is 1. The van der Waals surface area contributed by atoms with Crippen LogP contribution in [0.25, 0.3) is 0 Å². The average molecular weight is 316 g/mol. The zero-order chi connectivity index (χ0) is 10.8. The van der Waals surface area contributed by atoms with Gasteiger partial charge in [-0.05, 0) is 53.6 Å². The van der Waals surface area contributed by atoms with Gasteiger partial charge in [0.1, 0.15) is 0 Å². The molecule has 1 fully saturated rings. The van der Waals surface area contributed by atoms with E-state index in [-0.39, 0.29) is 0 Å². The maximum atomic E-state index is 6.04. The summed E-state index contributed by atoms with van der Waals surface area (Å²) in [7, 11) is 2.16. The van der Waals surface area contributed by atoms with Crippen LogP contribution in [0, 0.1) is 3.57 Å². The molecule has 2 N–H and O–H groups in total. The molecule has 3 heteroatoms. The lowest BCUT2D eigenvalue weighted by atomic mass is 10.2. The minimum Gasteiger partial charge on any atom is -0.397 e. The molecule has 0 bridgehead atoms. The first-order valence-corrected chi connectivity index (χ1v) is 6.54. The molecule has 0 amide bonds. The number of hydrogen-bond acceptors (Lipinski definition) is 2. The van der Waals surface area contributed by atoms with Crippen LogP contribution < -0.4 is 10.6 Å². The van der Waals surface area contributed by atoms with Gasteiger partial charge in [0.2, 0.25) is 0 Å². The fourth-order valence-electron chi connectivity index (χ4n) is 2.33. The predicted molar refractivity (Wildman–Crippen MR) is 74.2 cm³/mol. The van der Waals surface area contributed by atoms with E-state index < -0.39 is 0 Å². The molecule has 82 valence electrons. The van der Waals surface area contributed by atoms with Crippen LogP contribution in [0.5, 0.6) is 0 Å². The molecule has 0 heterocycles. The van der Waals surface area contributed by atoms with E-state index in [4.69, 9.17) is 5.73 Å². The number of nitrogens with zero attached hydrogens (tertiary/aromatic N) is 1. The quantitative estimate of drug-likeness (QED) is 0.670. The lowest BCUT2D eigenvalue weighted by molar-refractivity contribution is 0.654. The topological polar surface area (TPSA) is 29.3 Å². The van der Waals surface area contributed by atoms with E-state index >= 15 is 0 Å². The molecule has 1 aromatic rings. The Balaban J connectivity index is 2.20. The summed E-state index contributed by atoms with van der Waals surface area (Å²) in [5.74, 6) is 0. The molecule has 0 spiro atoms. The van der Waals surface area contributed by atoms with Crippen molar-refractivity contribution in [2.24, 2.45) is 0 Å². The number of anilines is 2. The highest BCUT2D eigenvalue weighted by molar-refractivity contribution is 14.1. The summed E-state index contributed by atoms with van der Waals surface area (Å²) in [6, 6.07) is 6.99. The van der Waals surface area contributed by atoms with Crippen LogP contribution in [-0.2, 0) is 0 Å². The van der Waals surface area contributed by atoms with Gasteiger partial charge < -0.3 is 10.6 Å². The van der Waals surface area contributed by atoms with Gasteiger partial charge in [0.25, 0.3) is 0 Å². The van der Waals surface area contributed by atoms with Gasteiger partial charge in [-0.2, -0.15) is 0 Å². The first-order chi connectivity index (χ1) is 7.18. The van der Waals surface area contributed by atoms with Gasteiger partial charge in [-0.25, -0.2) is 0 Å². The van der Waals surface area contributed by atoms with Gasteiger partial charge in [0.15, 0.2) is 0 Å². The number of nitrogens with two attached hydrogens (primary N) is 1. The fraction of sp³-hybridized carbons (Fsp3) is 0.500. The minimum absolute atomic E-state index is 0.687. The van der Waals surface area contributed by atoms with E-state index in [0.717, 1.165) is 5.69 Å². The van der Waals surface area contributed by atoms with E-state index in [1.54, 1.807) is 0 Å². The summed E-state index contributed by atoms with van der Waals surface area (Å²) < 4.78 is 1.20. The smallest absolute Gasteiger partial charge is 0.0600 e. The first-order valence-electron chi connectivity index (χ1n) is 5.46. The largest absolute Gasteiger partial charge is 0.397 e. The molecule has 1 aliphatic carbocycles. The Morgan fingerprint density at radius 1 is 1.33 bits per heavy atom. The molecule has 0 aliphatic heterocycles. The Morgan fingerprint density at radius 2 is 2.00 bits per heavy atom. The van der Waals surface area contributed by atoms with E-state index in [9.17, 15) is 0 Å². The van der Waals surface area contributed by atoms with E-state index in [2.05, 4.69) is 46.7 Å². The van der Waals surface area contributed by atoms with Crippen LogP contribution in [0.1, 0.15) is 25.7 Å². The molecule has 0 radical (unpaired) electrons. The van der Waals surface area contributed by atoms with Crippen LogP contribution >= 0.6 is 22.6 Å². The zero-order valence-electron chi connectivity index (χ0n) is 9.04. The average Bonchev–Trinajstić information content (AvgIpc) is 2.69. The van der Waals surface area contributed by atoms with Crippen molar-refractivity contribution in [3.8, 4) is 0 Å². The van der Waals surface area contributed by atoms with Crippen molar-refractivity contribution in [2.45, 2.75) is 31.7 Å². The van der Waals surface area contributed by atoms with Gasteiger partial charge in [-0.15, -0.1) is 0 Å². The third-order valence-corrected chi connectivity index (χ3v) is 3.91. The highest BCUT2D eigenvalue weighted by Crippen LogP contribution is 2.31. The minimum atomic E-state index is 0.687. The van der Waals surface area contributed by atoms with Crippen LogP contribution in [0.4, 0.5) is 11.4 Å². The highest BCUT2D eigenvalue weighted by Gasteiger charge is 2.20. The molecule has 0 saturated heterocycles. The second kappa shape index (κ2) is 4.60. The van der Waals surface area contributed by atoms with Crippen molar-refractivity contribution >= 4 is 34.0 Å². The van der Waals surface area contributed by atoms with Gasteiger partial charge in [0, 0.05) is 16.7 Å². The molecule has 2 rings (SSSR count). The molecule has 0 atom stereocenters. The third-order valence-electron chi connectivity index (χ3n) is 3.24. The van der Waals surface area contributed by atoms with Gasteiger partial charge >= 0.3 is 0 Å². The summed E-state index contributed by atoms with van der Waals surface area (Å²) in [6.07, 6.45) is 5.34. The summed E-state index contributed by atoms with van der Waals surface area (Å²) in [4.78, 5) is 2.35. The van der Waals surface area contributed by atoms with Gasteiger partial charge in [-0.3, -0.25) is 0 Å². The number of halogens is 1. The molecular formula is C12H17IN2. The second-order valence-corrected chi connectivity index (χ2v) is 5.50. The Bertz CT molecular complexity index is 345. The molecular weight excluding hydrogens is 299 g/mol. The first kappa shape index (κ1) is 11.0. The molecule has 2 nitrogen and oxygen atoms in total. The zero-order valence-corrected chi connectivity index (χ0v) is 11.2. The van der Waals surface area contributed by atoms with Gasteiger partial charge in [-0.1, -0.05) is 12.8 Å². The van der Waals surface area contributed by atoms with Crippen molar-refractivity contribution in [3.63, 3.8) is 0 Å². The monoisotopic (exact) mass is 316 g/mol. The Hall–Kier alpha value is -0.450. The van der Waals surface area contributed by atoms with E-state index in [1.165, 1.54) is 34.9 Å². The molecule has 0 unspecified atom stereocenters. The Labute approximate surface area is 105 Å². The number of hydrogen-bond donors (Lipinski definition) is 1. The van der Waals surface area contributed by atoms with Crippen molar-refractivity contribution in [2.75, 3.05) is 17.7 Å². The molecule has 0 aromatic heterocycles. The number of benzene rings is 1. The van der Waals surface area contributed by atoms with Crippen molar-refractivity contribution in [1.82, 2.24) is 0 Å². The summed E-state index contributed by atoms with van der Waals surface area (Å²) in [5, 5.41) is 0. The van der Waals surface area contributed by atoms with Crippen LogP contribution in [0.2, 0.25) is 0 Å². The Morgan fingerprint density at radius 3 is 2.60 bits per heavy atom. The maximum absolute atomic E-state index is 6.04. The third kappa shape index (κ3) is 2.38. The second-order valence-electron chi connectivity index (χ2n) is 4.25. The molecule has 1 aromatic carbocycles. The van der Waals surface area contributed by atoms with E-state index in [1.807, 2.05) is 6.07 Å². The maximum Gasteiger partial charge on any atom is 0.0600 e. The van der Waals surface area contributed by atoms with E-state index in [0.29, 0.717) is 6.04 Å². The van der Waals surface area contributed by atoms with Crippen molar-refractivity contribution < 1.29 is 0 Å². The summed E-state index contributed by atoms with van der Waals surface area (Å²) in [5.41, 5.74) is 8.13. The molecule has 1 aliphatic rings. The van der Waals surface area contributed by atoms with Crippen LogP contribution in [-0.4, -0.2) is 13.1 Å². The van der Waals surface area contributed by atoms with Crippen molar-refractivity contribution in [3.05, 3.63) is 21.8 Å². The van der Waals surface area contributed by atoms with Crippen LogP contribution in [0.15, 0.2) is 18.2 Å². The lowest BCUT2D eigenvalue weighted by Crippen LogP contribution is -2.29. The fourth-order valence-corrected chi connectivity index (χ4v) is 2.85. The SMILES string of the molecule is CN(c1ccc(I)cc1N)C1CCCC1. The predicted octanol–water partition coefficient (Wildman–Crippen LogP) is 3.25. The summed E-state index contributed by atoms with van der Waals surface area (Å²) >= 11 is 2.30. The molecule has 15 heavy (non-hydrogen) atoms. The Kier molecular flexibility index (Phi) is 3.38. The lowest BCUT2D eigenvalue weighted by Gasteiger charge is -2.27. The summed E-state index contributed by atoms with van der Waals surface area (Å²) in [6.45, 7) is 0. The molecule has 1 saturated carbocycles. The van der Waals surface area contributed by atoms with Crippen molar-refractivity contribution in [1.29, 1.82) is 0 Å². The van der Waals surface area contributed by atoms with Crippen LogP contribution in [0.3, 0.4) is 0 Å². The highest BCUT2D eigenvalue weighted by atomic mass is 127. The number of rotatable bonds is 2. The van der Waals surface area contributed by atoms with Gasteiger partial charge in [0.05, 0.1) is 11.4 Å². The normalized spacial score (nSPS) is 16.9. The standard InChI is InChI=1S/C12H17IN2/c1-15(10-4-2-3-5-10)12-7-6-9(13)8-11(12)14/h6-8,10H,2-5,14H2,1H3.